The van der Waals surface area contributed by atoms with Crippen LogP contribution in [0.1, 0.15) is 34.6 Å². The Labute approximate surface area is 401 Å². The van der Waals surface area contributed by atoms with Crippen molar-refractivity contribution < 1.29 is 40.4 Å². The summed E-state index contributed by atoms with van der Waals surface area (Å²) in [4.78, 5) is 9.40. The third-order valence-electron chi connectivity index (χ3n) is 11.4. The van der Waals surface area contributed by atoms with Gasteiger partial charge in [0.2, 0.25) is 0 Å². The zero-order valence-corrected chi connectivity index (χ0v) is 40.8. The van der Waals surface area contributed by atoms with E-state index in [1.807, 2.05) is 97.1 Å². The van der Waals surface area contributed by atoms with Crippen molar-refractivity contribution in [1.29, 1.82) is 0 Å². The molecule has 9 heteroatoms. The zero-order chi connectivity index (χ0) is 47.3. The number of halogens is 3. The van der Waals surface area contributed by atoms with Crippen LogP contribution in [0.5, 0.6) is 0 Å². The van der Waals surface area contributed by atoms with Gasteiger partial charge in [-0.25, -0.2) is 0 Å². The van der Waals surface area contributed by atoms with Crippen LogP contribution in [-0.2, 0) is 31.9 Å². The molecule has 3 aromatic heterocycles. The second-order valence-corrected chi connectivity index (χ2v) is 23.2. The summed E-state index contributed by atoms with van der Waals surface area (Å²) in [6, 6.07) is 59.5. The molecule has 0 aliphatic rings. The molecule has 0 bridgehead atoms. The van der Waals surface area contributed by atoms with E-state index in [0.717, 1.165) is 49.9 Å². The molecule has 0 aliphatic heterocycles. The van der Waals surface area contributed by atoms with Gasteiger partial charge in [0.25, 0.3) is 0 Å². The Morgan fingerprint density at radius 2 is 1.39 bits per heavy atom. The molecule has 4 nitrogen and oxygen atoms in total. The van der Waals surface area contributed by atoms with Crippen molar-refractivity contribution in [2.45, 2.75) is 58.4 Å². The predicted molar refractivity (Wildman–Crippen MR) is 263 cm³/mol. The van der Waals surface area contributed by atoms with E-state index in [1.165, 1.54) is 17.3 Å². The third kappa shape index (κ3) is 9.61. The quantitative estimate of drug-likeness (QED) is 0.118. The van der Waals surface area contributed by atoms with Crippen LogP contribution < -0.4 is 5.19 Å². The van der Waals surface area contributed by atoms with Crippen LogP contribution in [0.2, 0.25) is 19.6 Å². The van der Waals surface area contributed by atoms with E-state index in [0.29, 0.717) is 27.6 Å². The van der Waals surface area contributed by atoms with Gasteiger partial charge >= 0.3 is 6.18 Å². The monoisotopic (exact) mass is 1070 g/mol. The first-order valence-corrected chi connectivity index (χ1v) is 25.1. The minimum Gasteiger partial charge on any atom is -0.500 e. The molecule has 0 N–H and O–H groups in total. The van der Waals surface area contributed by atoms with Gasteiger partial charge in [-0.05, 0) is 63.7 Å². The molecular weight excluding hydrogens is 1020 g/mol. The Balaban J connectivity index is 0.000000205. The number of hydrogen-bond acceptors (Lipinski definition) is 3. The summed E-state index contributed by atoms with van der Waals surface area (Å²) in [5.74, 6) is 0.929. The summed E-state index contributed by atoms with van der Waals surface area (Å²) in [5.41, 5.74) is 10.2. The molecule has 0 saturated heterocycles. The summed E-state index contributed by atoms with van der Waals surface area (Å²) in [6.07, 6.45) is -7.13. The molecule has 0 saturated carbocycles. The number of aromatic nitrogens is 3. The van der Waals surface area contributed by atoms with Crippen molar-refractivity contribution in [2.75, 3.05) is 0 Å². The van der Waals surface area contributed by atoms with Gasteiger partial charge in [-0.2, -0.15) is 13.2 Å². The standard InChI is InChI=1S/C34H27F3NOSi.C23H21N2.Ir/c1-40(2,3)26-15-16-38-31(20-26)30-18-22(21-34(35,36)37)17-29-28-14-8-13-27(32(28)39-33(29)30)25-12-7-11-24(19-25)23-9-5-4-6-10-23;1-23(2,3)18-13-7-9-15-20(18)25-21-16-10-8-14-19(21)24-22(25)17-11-5-4-6-12-17;/h4-17,19-20H,21H2,1-3H3;4-11,13-16H,1-3H3;/q2*-1;/i21D2;;. The Morgan fingerprint density at radius 3 is 2.14 bits per heavy atom. The molecule has 0 fully saturated rings. The maximum absolute atomic E-state index is 13.9. The van der Waals surface area contributed by atoms with E-state index in [1.54, 1.807) is 12.3 Å². The Hall–Kier alpha value is -6.38. The fraction of sp³-hybridized carbons (Fsp3) is 0.158. The topological polar surface area (TPSA) is 43.9 Å². The maximum Gasteiger partial charge on any atom is 0.391 e. The molecule has 0 unspecified atom stereocenters. The Morgan fingerprint density at radius 1 is 0.697 bits per heavy atom. The summed E-state index contributed by atoms with van der Waals surface area (Å²) < 4.78 is 66.6. The first kappa shape index (κ1) is 43.5. The SMILES string of the molecule is CC(C)(C)c1ccccc1-n1c(-c2[c-]cccc2)nc2ccccc21.[2H]C([2H])(c1[c-]c(-c2cc([Si](C)(C)C)ccn2)c2oc3c(-c4cccc(-c5ccccc5)c4)cccc3c2c1)C(F)(F)F.[Ir]. The van der Waals surface area contributed by atoms with Crippen molar-refractivity contribution in [2.24, 2.45) is 0 Å². The molecule has 0 amide bonds. The van der Waals surface area contributed by atoms with Crippen LogP contribution in [-0.4, -0.2) is 28.8 Å². The van der Waals surface area contributed by atoms with E-state index in [9.17, 15) is 13.2 Å². The van der Waals surface area contributed by atoms with Gasteiger partial charge in [-0.1, -0.05) is 160 Å². The number of hydrogen-bond donors (Lipinski definition) is 0. The fourth-order valence-corrected chi connectivity index (χ4v) is 9.43. The molecule has 0 atom stereocenters. The third-order valence-corrected chi connectivity index (χ3v) is 13.5. The van der Waals surface area contributed by atoms with Crippen molar-refractivity contribution in [3.05, 3.63) is 193 Å². The number of para-hydroxylation sites is 4. The largest absolute Gasteiger partial charge is 0.500 e. The van der Waals surface area contributed by atoms with Crippen molar-refractivity contribution in [3.8, 4) is 50.6 Å². The molecule has 1 radical (unpaired) electrons. The Kier molecular flexibility index (Phi) is 12.2. The van der Waals surface area contributed by atoms with Crippen LogP contribution in [0.25, 0.3) is 83.6 Å². The van der Waals surface area contributed by atoms with Crippen molar-refractivity contribution in [3.63, 3.8) is 0 Å². The van der Waals surface area contributed by atoms with Crippen LogP contribution >= 0.6 is 0 Å². The normalized spacial score (nSPS) is 12.6. The van der Waals surface area contributed by atoms with Gasteiger partial charge in [0.15, 0.2) is 0 Å². The molecule has 333 valence electrons. The van der Waals surface area contributed by atoms with Crippen LogP contribution in [0.15, 0.2) is 174 Å². The van der Waals surface area contributed by atoms with Gasteiger partial charge < -0.3 is 14.0 Å². The average molecular weight is 1070 g/mol. The second-order valence-electron chi connectivity index (χ2n) is 18.1. The number of fused-ring (bicyclic) bond motifs is 4. The molecule has 10 aromatic rings. The average Bonchev–Trinajstić information content (AvgIpc) is 3.90. The van der Waals surface area contributed by atoms with Gasteiger partial charge in [-0.15, -0.1) is 53.6 Å². The van der Waals surface area contributed by atoms with Gasteiger partial charge in [0, 0.05) is 45.7 Å². The minimum absolute atomic E-state index is 0. The predicted octanol–water partition coefficient (Wildman–Crippen LogP) is 15.2. The molecule has 66 heavy (non-hydrogen) atoms. The zero-order valence-electron chi connectivity index (χ0n) is 39.4. The smallest absolute Gasteiger partial charge is 0.391 e. The van der Waals surface area contributed by atoms with Crippen molar-refractivity contribution >= 4 is 46.2 Å². The molecule has 10 rings (SSSR count). The van der Waals surface area contributed by atoms with Gasteiger partial charge in [-0.3, -0.25) is 4.98 Å². The van der Waals surface area contributed by atoms with E-state index >= 15 is 0 Å². The summed E-state index contributed by atoms with van der Waals surface area (Å²) in [7, 11) is -1.80. The minimum atomic E-state index is -5.13. The van der Waals surface area contributed by atoms with Crippen LogP contribution in [0, 0.1) is 12.1 Å². The van der Waals surface area contributed by atoms with E-state index in [4.69, 9.17) is 12.1 Å². The molecule has 0 spiro atoms. The molecule has 7 aromatic carbocycles. The number of imidazole rings is 1. The van der Waals surface area contributed by atoms with Crippen molar-refractivity contribution in [1.82, 2.24) is 14.5 Å². The summed E-state index contributed by atoms with van der Waals surface area (Å²) in [6.45, 7) is 13.3. The maximum atomic E-state index is 13.9. The number of furan rings is 1. The van der Waals surface area contributed by atoms with Gasteiger partial charge in [0.1, 0.15) is 5.58 Å². The van der Waals surface area contributed by atoms with E-state index in [2.05, 4.69) is 117 Å². The molecule has 3 heterocycles. The van der Waals surface area contributed by atoms with Crippen LogP contribution in [0.4, 0.5) is 13.2 Å². The van der Waals surface area contributed by atoms with Crippen LogP contribution in [0.3, 0.4) is 0 Å². The first-order valence-electron chi connectivity index (χ1n) is 22.6. The Bertz CT molecular complexity index is 3410. The molecule has 0 aliphatic carbocycles. The van der Waals surface area contributed by atoms with E-state index < -0.39 is 26.2 Å². The summed E-state index contributed by atoms with van der Waals surface area (Å²) >= 11 is 0. The van der Waals surface area contributed by atoms with E-state index in [-0.39, 0.29) is 31.1 Å². The summed E-state index contributed by atoms with van der Waals surface area (Å²) in [5, 5.41) is 2.03. The first-order chi connectivity index (χ1) is 31.9. The fourth-order valence-electron chi connectivity index (χ4n) is 8.28. The number of benzene rings is 7. The second kappa shape index (κ2) is 18.5. The number of nitrogens with zero attached hydrogens (tertiary/aromatic N) is 3. The molecular formula is C57H48F3IrN3OSi-2. The number of rotatable bonds is 7. The number of pyridine rings is 1. The van der Waals surface area contributed by atoms with Gasteiger partial charge in [0.05, 0.1) is 36.9 Å². The number of alkyl halides is 3.